The number of carbonyl (C=O) groups excluding carboxylic acids is 2. The molecule has 1 amide bonds. The number of amides is 1. The molecule has 0 fully saturated rings. The normalized spacial score (nSPS) is 10.9. The molecular weight excluding hydrogens is 456 g/mol. The Hall–Kier alpha value is -3.85. The van der Waals surface area contributed by atoms with Crippen LogP contribution in [0, 0.1) is 0 Å². The molecular formula is C25H26N2O6S. The van der Waals surface area contributed by atoms with Crippen molar-refractivity contribution in [2.24, 2.45) is 0 Å². The fourth-order valence-corrected chi connectivity index (χ4v) is 4.19. The van der Waals surface area contributed by atoms with E-state index in [1.54, 1.807) is 66.7 Å². The maximum absolute atomic E-state index is 12.6. The van der Waals surface area contributed by atoms with Crippen molar-refractivity contribution in [3.8, 4) is 5.75 Å². The van der Waals surface area contributed by atoms with Gasteiger partial charge in [-0.3, -0.25) is 9.10 Å². The Morgan fingerprint density at radius 1 is 0.941 bits per heavy atom. The summed E-state index contributed by atoms with van der Waals surface area (Å²) in [7, 11) is -2.31. The summed E-state index contributed by atoms with van der Waals surface area (Å²) in [6.45, 7) is 2.31. The van der Waals surface area contributed by atoms with E-state index in [1.807, 2.05) is 6.92 Å². The highest BCUT2D eigenvalue weighted by Gasteiger charge is 2.21. The van der Waals surface area contributed by atoms with Gasteiger partial charge in [-0.25, -0.2) is 13.2 Å². The highest BCUT2D eigenvalue weighted by Crippen LogP contribution is 2.31. The van der Waals surface area contributed by atoms with Crippen LogP contribution < -0.4 is 14.4 Å². The number of ether oxygens (including phenoxy) is 2. The smallest absolute Gasteiger partial charge is 0.337 e. The van der Waals surface area contributed by atoms with Crippen molar-refractivity contribution in [1.82, 2.24) is 0 Å². The number of para-hydroxylation sites is 2. The van der Waals surface area contributed by atoms with Crippen LogP contribution in [0.25, 0.3) is 0 Å². The lowest BCUT2D eigenvalue weighted by atomic mass is 10.1. The average molecular weight is 483 g/mol. The van der Waals surface area contributed by atoms with E-state index < -0.39 is 16.0 Å². The number of hydrogen-bond acceptors (Lipinski definition) is 6. The van der Waals surface area contributed by atoms with Crippen molar-refractivity contribution in [1.29, 1.82) is 0 Å². The number of rotatable bonds is 9. The summed E-state index contributed by atoms with van der Waals surface area (Å²) in [5.41, 5.74) is 2.30. The molecule has 0 aliphatic heterocycles. The van der Waals surface area contributed by atoms with Crippen molar-refractivity contribution in [2.45, 2.75) is 13.5 Å². The molecule has 0 spiro atoms. The van der Waals surface area contributed by atoms with Gasteiger partial charge in [0, 0.05) is 11.3 Å². The van der Waals surface area contributed by atoms with Gasteiger partial charge < -0.3 is 14.8 Å². The SMILES string of the molecule is CCOc1ccccc1N(Cc1ccc(C(=O)Nc2cccc(C(=O)OC)c2)cc1)S(C)(=O)=O. The van der Waals surface area contributed by atoms with Gasteiger partial charge in [-0.1, -0.05) is 30.3 Å². The van der Waals surface area contributed by atoms with E-state index in [-0.39, 0.29) is 12.5 Å². The minimum atomic E-state index is -3.60. The Morgan fingerprint density at radius 3 is 2.29 bits per heavy atom. The number of hydrogen-bond donors (Lipinski definition) is 1. The topological polar surface area (TPSA) is 102 Å². The fraction of sp³-hybridized carbons (Fsp3) is 0.200. The summed E-state index contributed by atoms with van der Waals surface area (Å²) in [4.78, 5) is 24.3. The van der Waals surface area contributed by atoms with Crippen LogP contribution in [0.3, 0.4) is 0 Å². The molecule has 0 saturated carbocycles. The van der Waals surface area contributed by atoms with Crippen molar-refractivity contribution >= 4 is 33.3 Å². The average Bonchev–Trinajstić information content (AvgIpc) is 2.82. The first-order chi connectivity index (χ1) is 16.2. The number of nitrogens with zero attached hydrogens (tertiary/aromatic N) is 1. The second-order valence-electron chi connectivity index (χ2n) is 7.39. The quantitative estimate of drug-likeness (QED) is 0.461. The van der Waals surface area contributed by atoms with E-state index in [2.05, 4.69) is 5.32 Å². The fourth-order valence-electron chi connectivity index (χ4n) is 3.29. The van der Waals surface area contributed by atoms with Gasteiger partial charge in [0.05, 0.1) is 37.8 Å². The Morgan fingerprint density at radius 2 is 1.65 bits per heavy atom. The Kier molecular flexibility index (Phi) is 7.91. The minimum Gasteiger partial charge on any atom is -0.492 e. The van der Waals surface area contributed by atoms with Crippen LogP contribution in [0.2, 0.25) is 0 Å². The van der Waals surface area contributed by atoms with E-state index in [1.165, 1.54) is 17.5 Å². The highest BCUT2D eigenvalue weighted by molar-refractivity contribution is 7.92. The zero-order valence-corrected chi connectivity index (χ0v) is 20.0. The van der Waals surface area contributed by atoms with Crippen LogP contribution >= 0.6 is 0 Å². The van der Waals surface area contributed by atoms with Crippen LogP contribution in [0.5, 0.6) is 5.75 Å². The standard InChI is InChI=1S/C25H26N2O6S/c1-4-33-23-11-6-5-10-22(23)27(34(3,30)31)17-18-12-14-19(15-13-18)24(28)26-21-9-7-8-20(16-21)25(29)32-2/h5-16H,4,17H2,1-3H3,(H,26,28). The van der Waals surface area contributed by atoms with Crippen molar-refractivity contribution < 1.29 is 27.5 Å². The second-order valence-corrected chi connectivity index (χ2v) is 9.30. The van der Waals surface area contributed by atoms with E-state index in [9.17, 15) is 18.0 Å². The molecule has 9 heteroatoms. The van der Waals surface area contributed by atoms with Gasteiger partial charge in [0.2, 0.25) is 10.0 Å². The molecule has 3 aromatic rings. The summed E-state index contributed by atoms with van der Waals surface area (Å²) in [5, 5.41) is 2.74. The zero-order chi connectivity index (χ0) is 24.7. The van der Waals surface area contributed by atoms with Crippen LogP contribution in [-0.4, -0.2) is 40.3 Å². The maximum Gasteiger partial charge on any atom is 0.337 e. The van der Waals surface area contributed by atoms with Gasteiger partial charge in [-0.05, 0) is 55.0 Å². The van der Waals surface area contributed by atoms with E-state index in [4.69, 9.17) is 9.47 Å². The largest absolute Gasteiger partial charge is 0.492 e. The molecule has 0 aromatic heterocycles. The molecule has 3 rings (SSSR count). The van der Waals surface area contributed by atoms with Gasteiger partial charge in [-0.15, -0.1) is 0 Å². The molecule has 0 bridgehead atoms. The number of esters is 1. The zero-order valence-electron chi connectivity index (χ0n) is 19.1. The highest BCUT2D eigenvalue weighted by atomic mass is 32.2. The molecule has 0 unspecified atom stereocenters. The Labute approximate surface area is 199 Å². The molecule has 178 valence electrons. The first kappa shape index (κ1) is 24.8. The van der Waals surface area contributed by atoms with Gasteiger partial charge >= 0.3 is 5.97 Å². The summed E-state index contributed by atoms with van der Waals surface area (Å²) < 4.78 is 36.6. The molecule has 0 aliphatic carbocycles. The van der Waals surface area contributed by atoms with Crippen LogP contribution in [-0.2, 0) is 21.3 Å². The monoisotopic (exact) mass is 482 g/mol. The molecule has 0 atom stereocenters. The van der Waals surface area contributed by atoms with Gasteiger partial charge in [0.25, 0.3) is 5.91 Å². The molecule has 34 heavy (non-hydrogen) atoms. The summed E-state index contributed by atoms with van der Waals surface area (Å²) in [5.74, 6) is -0.391. The molecule has 0 radical (unpaired) electrons. The van der Waals surface area contributed by atoms with E-state index >= 15 is 0 Å². The molecule has 0 aliphatic rings. The number of nitrogens with one attached hydrogen (secondary N) is 1. The number of sulfonamides is 1. The summed E-state index contributed by atoms with van der Waals surface area (Å²) >= 11 is 0. The molecule has 3 aromatic carbocycles. The lowest BCUT2D eigenvalue weighted by Crippen LogP contribution is -2.29. The van der Waals surface area contributed by atoms with E-state index in [0.29, 0.717) is 40.4 Å². The predicted octanol–water partition coefficient (Wildman–Crippen LogP) is 4.09. The summed E-state index contributed by atoms with van der Waals surface area (Å²) in [6.07, 6.45) is 1.14. The van der Waals surface area contributed by atoms with Crippen LogP contribution in [0.1, 0.15) is 33.2 Å². The first-order valence-corrected chi connectivity index (χ1v) is 12.4. The Balaban J connectivity index is 1.78. The third kappa shape index (κ3) is 6.14. The van der Waals surface area contributed by atoms with Crippen molar-refractivity contribution in [2.75, 3.05) is 29.6 Å². The van der Waals surface area contributed by atoms with Gasteiger partial charge in [-0.2, -0.15) is 0 Å². The lowest BCUT2D eigenvalue weighted by Gasteiger charge is -2.24. The van der Waals surface area contributed by atoms with Crippen molar-refractivity contribution in [3.05, 3.63) is 89.5 Å². The van der Waals surface area contributed by atoms with Crippen LogP contribution in [0.4, 0.5) is 11.4 Å². The number of methoxy groups -OCH3 is 1. The van der Waals surface area contributed by atoms with E-state index in [0.717, 1.165) is 6.26 Å². The van der Waals surface area contributed by atoms with Crippen LogP contribution in [0.15, 0.2) is 72.8 Å². The molecule has 0 heterocycles. The minimum absolute atomic E-state index is 0.0754. The third-order valence-electron chi connectivity index (χ3n) is 4.92. The molecule has 8 nitrogen and oxygen atoms in total. The first-order valence-electron chi connectivity index (χ1n) is 10.5. The third-order valence-corrected chi connectivity index (χ3v) is 6.04. The van der Waals surface area contributed by atoms with Gasteiger partial charge in [0.1, 0.15) is 5.75 Å². The number of benzene rings is 3. The Bertz CT molecular complexity index is 1270. The predicted molar refractivity (Wildman–Crippen MR) is 131 cm³/mol. The van der Waals surface area contributed by atoms with Crippen molar-refractivity contribution in [3.63, 3.8) is 0 Å². The molecule has 0 saturated heterocycles. The number of carbonyl (C=O) groups is 2. The maximum atomic E-state index is 12.6. The number of anilines is 2. The lowest BCUT2D eigenvalue weighted by molar-refractivity contribution is 0.0600. The van der Waals surface area contributed by atoms with Gasteiger partial charge in [0.15, 0.2) is 0 Å². The second kappa shape index (κ2) is 10.8. The molecule has 1 N–H and O–H groups in total. The summed E-state index contributed by atoms with van der Waals surface area (Å²) in [6, 6.07) is 20.0.